The van der Waals surface area contributed by atoms with Crippen molar-refractivity contribution in [1.29, 1.82) is 0 Å². The quantitative estimate of drug-likeness (QED) is 0.328. The van der Waals surface area contributed by atoms with Crippen LogP contribution in [0.5, 0.6) is 0 Å². The third-order valence-corrected chi connectivity index (χ3v) is 7.96. The molecule has 10 nitrogen and oxygen atoms in total. The number of amides is 2. The molecule has 4 N–H and O–H groups in total. The number of nitrogens with one attached hydrogen (secondary N) is 1. The van der Waals surface area contributed by atoms with Gasteiger partial charge in [-0.15, -0.1) is 5.10 Å². The lowest BCUT2D eigenvalue weighted by Gasteiger charge is -2.20. The zero-order chi connectivity index (χ0) is 26.9. The molecule has 2 heterocycles. The average Bonchev–Trinajstić information content (AvgIpc) is 3.40. The van der Waals surface area contributed by atoms with Gasteiger partial charge in [0.15, 0.2) is 5.82 Å². The summed E-state index contributed by atoms with van der Waals surface area (Å²) in [5, 5.41) is 16.7. The smallest absolute Gasteiger partial charge is 0.407 e. The Hall–Kier alpha value is -4.90. The lowest BCUT2D eigenvalue weighted by atomic mass is 10.1. The number of carboxylic acid groups (broad SMARTS) is 1. The predicted molar refractivity (Wildman–Crippen MR) is 142 cm³/mol. The van der Waals surface area contributed by atoms with Crippen LogP contribution >= 0.6 is 0 Å². The molecule has 0 saturated heterocycles. The summed E-state index contributed by atoms with van der Waals surface area (Å²) in [5.41, 5.74) is 8.56. The van der Waals surface area contributed by atoms with Crippen molar-refractivity contribution >= 4 is 39.4 Å². The Morgan fingerprint density at radius 2 is 1.63 bits per heavy atom. The van der Waals surface area contributed by atoms with Crippen LogP contribution in [0.3, 0.4) is 0 Å². The van der Waals surface area contributed by atoms with Crippen molar-refractivity contribution in [3.05, 3.63) is 107 Å². The summed E-state index contributed by atoms with van der Waals surface area (Å²) in [6, 6.07) is 22.2. The minimum atomic E-state index is -3.75. The highest BCUT2D eigenvalue weighted by Crippen LogP contribution is 2.33. The second-order valence-corrected chi connectivity index (χ2v) is 10.6. The Bertz CT molecular complexity index is 1660. The number of carbonyl (C=O) groups is 2. The van der Waals surface area contributed by atoms with Crippen molar-refractivity contribution in [2.45, 2.75) is 11.4 Å². The molecule has 3 aromatic carbocycles. The molecule has 0 radical (unpaired) electrons. The molecule has 0 aliphatic carbocycles. The zero-order valence-electron chi connectivity index (χ0n) is 20.0. The summed E-state index contributed by atoms with van der Waals surface area (Å²) in [6.07, 6.45) is 1.84. The number of hydrogen-bond acceptors (Lipinski definition) is 6. The average molecular weight is 530 g/mol. The van der Waals surface area contributed by atoms with Crippen LogP contribution in [0.25, 0.3) is 11.8 Å². The number of nitrogens with two attached hydrogens (primary N) is 1. The van der Waals surface area contributed by atoms with Gasteiger partial charge in [-0.1, -0.05) is 48.5 Å². The molecule has 0 fully saturated rings. The lowest BCUT2D eigenvalue weighted by Crippen LogP contribution is -2.32. The highest BCUT2D eigenvalue weighted by atomic mass is 32.2. The van der Waals surface area contributed by atoms with Crippen molar-refractivity contribution in [2.24, 2.45) is 0 Å². The second kappa shape index (κ2) is 9.87. The Balaban J connectivity index is 1.26. The summed E-state index contributed by atoms with van der Waals surface area (Å²) in [4.78, 5) is 25.9. The van der Waals surface area contributed by atoms with Crippen LogP contribution in [0.2, 0.25) is 0 Å². The molecule has 1 aliphatic rings. The van der Waals surface area contributed by atoms with E-state index >= 15 is 0 Å². The van der Waals surface area contributed by atoms with Gasteiger partial charge in [0.05, 0.1) is 33.9 Å². The van der Waals surface area contributed by atoms with Crippen LogP contribution in [0.4, 0.5) is 16.3 Å². The number of carbonyl (C=O) groups excluding carboxylic acids is 1. The first-order valence-electron chi connectivity index (χ1n) is 11.6. The van der Waals surface area contributed by atoms with Crippen LogP contribution in [0.15, 0.2) is 94.9 Å². The second-order valence-electron chi connectivity index (χ2n) is 8.65. The van der Waals surface area contributed by atoms with Crippen LogP contribution in [0, 0.1) is 0 Å². The van der Waals surface area contributed by atoms with Crippen LogP contribution in [-0.2, 0) is 16.4 Å². The predicted octanol–water partition coefficient (Wildman–Crippen LogP) is 4.02. The number of aromatic nitrogens is 2. The molecule has 38 heavy (non-hydrogen) atoms. The van der Waals surface area contributed by atoms with Gasteiger partial charge in [-0.3, -0.25) is 9.69 Å². The maximum Gasteiger partial charge on any atom is 0.407 e. The lowest BCUT2D eigenvalue weighted by molar-refractivity contribution is 0.102. The van der Waals surface area contributed by atoms with Crippen molar-refractivity contribution in [1.82, 2.24) is 14.7 Å². The number of fused-ring (bicyclic) bond motifs is 1. The van der Waals surface area contributed by atoms with E-state index in [-0.39, 0.29) is 28.7 Å². The number of para-hydroxylation sites is 1. The van der Waals surface area contributed by atoms with Gasteiger partial charge >= 0.3 is 6.09 Å². The fourth-order valence-corrected chi connectivity index (χ4v) is 5.69. The molecule has 2 amide bonds. The molecule has 0 atom stereocenters. The van der Waals surface area contributed by atoms with E-state index in [2.05, 4.69) is 10.4 Å². The number of nitrogen functional groups attached to an aromatic ring is 1. The van der Waals surface area contributed by atoms with E-state index < -0.39 is 21.8 Å². The molecule has 5 rings (SSSR count). The molecule has 1 aromatic heterocycles. The van der Waals surface area contributed by atoms with Crippen molar-refractivity contribution in [3.63, 3.8) is 0 Å². The molecule has 11 heteroatoms. The number of rotatable bonds is 7. The van der Waals surface area contributed by atoms with Gasteiger partial charge in [0.2, 0.25) is 9.84 Å². The highest BCUT2D eigenvalue weighted by Gasteiger charge is 2.31. The fourth-order valence-electron chi connectivity index (χ4n) is 4.11. The number of sulfone groups is 1. The molecule has 0 bridgehead atoms. The van der Waals surface area contributed by atoms with Gasteiger partial charge in [0.1, 0.15) is 0 Å². The van der Waals surface area contributed by atoms with E-state index in [9.17, 15) is 23.1 Å². The Morgan fingerprint density at radius 1 is 0.947 bits per heavy atom. The Kier molecular flexibility index (Phi) is 6.43. The van der Waals surface area contributed by atoms with Gasteiger partial charge in [-0.05, 0) is 47.5 Å². The van der Waals surface area contributed by atoms with Gasteiger partial charge < -0.3 is 16.2 Å². The minimum Gasteiger partial charge on any atom is -0.465 e. The fraction of sp³-hybridized carbons (Fsp3) is 0.0741. The van der Waals surface area contributed by atoms with Crippen LogP contribution in [-0.4, -0.2) is 46.7 Å². The van der Waals surface area contributed by atoms with Crippen molar-refractivity contribution < 1.29 is 23.1 Å². The van der Waals surface area contributed by atoms with Gasteiger partial charge in [-0.2, -0.15) is 0 Å². The van der Waals surface area contributed by atoms with Gasteiger partial charge in [0, 0.05) is 12.1 Å². The molecule has 192 valence electrons. The van der Waals surface area contributed by atoms with E-state index in [0.717, 1.165) is 10.6 Å². The van der Waals surface area contributed by atoms with E-state index in [0.29, 0.717) is 22.4 Å². The Morgan fingerprint density at radius 3 is 2.32 bits per heavy atom. The first-order chi connectivity index (χ1) is 18.2. The van der Waals surface area contributed by atoms with Crippen molar-refractivity contribution in [3.8, 4) is 5.69 Å². The van der Waals surface area contributed by atoms with Gasteiger partial charge in [-0.25, -0.2) is 17.9 Å². The van der Waals surface area contributed by atoms with E-state index in [1.54, 1.807) is 53.3 Å². The topological polar surface area (TPSA) is 148 Å². The number of benzene rings is 3. The summed E-state index contributed by atoms with van der Waals surface area (Å²) < 4.78 is 27.2. The highest BCUT2D eigenvalue weighted by molar-refractivity contribution is 7.95. The molecule has 0 saturated carbocycles. The number of hydrogen-bond donors (Lipinski definition) is 3. The van der Waals surface area contributed by atoms with E-state index in [4.69, 9.17) is 5.73 Å². The molecule has 1 aliphatic heterocycles. The third kappa shape index (κ3) is 4.87. The first kappa shape index (κ1) is 24.8. The summed E-state index contributed by atoms with van der Waals surface area (Å²) in [5.74, 6) is -0.219. The van der Waals surface area contributed by atoms with Crippen LogP contribution < -0.4 is 11.1 Å². The Labute approximate surface area is 218 Å². The van der Waals surface area contributed by atoms with E-state index in [1.165, 1.54) is 12.1 Å². The normalized spacial score (nSPS) is 13.4. The molecule has 4 aromatic rings. The van der Waals surface area contributed by atoms with Gasteiger partial charge in [0.25, 0.3) is 5.91 Å². The standard InChI is InChI=1S/C27H23N5O5S/c28-23-17-32(21-7-2-1-3-8-21)30-25(23)29-26(33)19-12-10-18(11-13-19)15-31(27(34)35)16-22-14-20-6-4-5-9-24(20)38(22,36)37/h1-14,17H,15-16,28H2,(H,34,35)(H,29,30,33). The van der Waals surface area contributed by atoms with Crippen LogP contribution in [0.1, 0.15) is 21.5 Å². The number of nitrogens with zero attached hydrogens (tertiary/aromatic N) is 3. The molecule has 0 spiro atoms. The maximum absolute atomic E-state index is 12.8. The molecular formula is C27H23N5O5S. The minimum absolute atomic E-state index is 0.0182. The SMILES string of the molecule is Nc1cn(-c2ccccc2)nc1NC(=O)c1ccc(CN(CC2=Cc3ccccc3S2(=O)=O)C(=O)O)cc1. The monoisotopic (exact) mass is 529 g/mol. The zero-order valence-corrected chi connectivity index (χ0v) is 20.8. The summed E-state index contributed by atoms with van der Waals surface area (Å²) in [6.45, 7) is -0.354. The molecular weight excluding hydrogens is 506 g/mol. The third-order valence-electron chi connectivity index (χ3n) is 6.07. The largest absolute Gasteiger partial charge is 0.465 e. The van der Waals surface area contributed by atoms with Crippen molar-refractivity contribution in [2.75, 3.05) is 17.6 Å². The molecule has 0 unspecified atom stereocenters. The maximum atomic E-state index is 12.8. The van der Waals surface area contributed by atoms with E-state index in [1.807, 2.05) is 30.3 Å². The summed E-state index contributed by atoms with van der Waals surface area (Å²) >= 11 is 0. The number of anilines is 2. The summed E-state index contributed by atoms with van der Waals surface area (Å²) in [7, 11) is -3.75. The first-order valence-corrected chi connectivity index (χ1v) is 13.0.